The average molecular weight is 286 g/mol. The highest BCUT2D eigenvalue weighted by molar-refractivity contribution is 7.99. The Balaban J connectivity index is 2.32. The molecule has 1 rings (SSSR count). The van der Waals surface area contributed by atoms with Gasteiger partial charge in [0.05, 0.1) is 11.9 Å². The van der Waals surface area contributed by atoms with Gasteiger partial charge in [-0.2, -0.15) is 0 Å². The fourth-order valence-corrected chi connectivity index (χ4v) is 2.41. The van der Waals surface area contributed by atoms with Gasteiger partial charge in [0.2, 0.25) is 5.91 Å². The van der Waals surface area contributed by atoms with Crippen LogP contribution in [0.1, 0.15) is 39.7 Å². The zero-order valence-electron chi connectivity index (χ0n) is 11.7. The van der Waals surface area contributed by atoms with Crippen molar-refractivity contribution >= 4 is 17.7 Å². The molecule has 1 amide bonds. The lowest BCUT2D eigenvalue weighted by Gasteiger charge is -2.11. The van der Waals surface area contributed by atoms with Crippen LogP contribution in [0.3, 0.4) is 0 Å². The molecule has 108 valence electrons. The minimum absolute atomic E-state index is 0.0986. The largest absolute Gasteiger partial charge is 0.391 e. The van der Waals surface area contributed by atoms with Crippen molar-refractivity contribution in [3.8, 4) is 0 Å². The Labute approximate surface area is 118 Å². The van der Waals surface area contributed by atoms with Crippen LogP contribution in [0, 0.1) is 0 Å². The Kier molecular flexibility index (Phi) is 6.86. The van der Waals surface area contributed by atoms with E-state index >= 15 is 0 Å². The van der Waals surface area contributed by atoms with Crippen LogP contribution in [-0.2, 0) is 4.79 Å². The van der Waals surface area contributed by atoms with Gasteiger partial charge in [-0.3, -0.25) is 4.79 Å². The van der Waals surface area contributed by atoms with Crippen LogP contribution in [0.4, 0.5) is 0 Å². The highest BCUT2D eigenvalue weighted by Crippen LogP contribution is 2.18. The number of rotatable bonds is 8. The van der Waals surface area contributed by atoms with Crippen LogP contribution < -0.4 is 5.32 Å². The van der Waals surface area contributed by atoms with Gasteiger partial charge in [0.25, 0.3) is 0 Å². The van der Waals surface area contributed by atoms with E-state index in [1.807, 2.05) is 25.3 Å². The summed E-state index contributed by atoms with van der Waals surface area (Å²) < 4.78 is 1.92. The lowest BCUT2D eigenvalue weighted by molar-refractivity contribution is -0.119. The van der Waals surface area contributed by atoms with E-state index < -0.39 is 6.10 Å². The van der Waals surface area contributed by atoms with Crippen LogP contribution >= 0.6 is 11.8 Å². The molecule has 1 heterocycles. The second-order valence-corrected chi connectivity index (χ2v) is 5.59. The first-order valence-corrected chi connectivity index (χ1v) is 7.50. The van der Waals surface area contributed by atoms with E-state index in [1.165, 1.54) is 11.8 Å². The van der Waals surface area contributed by atoms with E-state index in [-0.39, 0.29) is 17.7 Å². The molecule has 19 heavy (non-hydrogen) atoms. The van der Waals surface area contributed by atoms with Gasteiger partial charge in [0, 0.05) is 12.6 Å². The van der Waals surface area contributed by atoms with E-state index in [4.69, 9.17) is 0 Å². The highest BCUT2D eigenvalue weighted by Gasteiger charge is 2.11. The lowest BCUT2D eigenvalue weighted by atomic mass is 10.2. The third kappa shape index (κ3) is 5.61. The summed E-state index contributed by atoms with van der Waals surface area (Å²) in [7, 11) is 0. The number of thioether (sulfide) groups is 1. The molecule has 1 aromatic heterocycles. The van der Waals surface area contributed by atoms with E-state index in [1.54, 1.807) is 6.33 Å². The molecule has 0 aromatic carbocycles. The van der Waals surface area contributed by atoms with E-state index in [0.29, 0.717) is 13.0 Å². The molecular formula is C12H22N4O2S. The molecule has 0 radical (unpaired) electrons. The standard InChI is InChI=1S/C12H22N4O2S/c1-4-5-10(17)6-13-11(18)7-19-12-15-14-8-16(12)9(2)3/h8-10,17H,4-7H2,1-3H3,(H,13,18). The van der Waals surface area contributed by atoms with Crippen LogP contribution in [0.2, 0.25) is 0 Å². The number of aliphatic hydroxyl groups is 1. The van der Waals surface area contributed by atoms with Gasteiger partial charge in [0.1, 0.15) is 6.33 Å². The lowest BCUT2D eigenvalue weighted by Crippen LogP contribution is -2.33. The Bertz CT molecular complexity index is 395. The molecule has 0 fully saturated rings. The van der Waals surface area contributed by atoms with Crippen molar-refractivity contribution in [2.75, 3.05) is 12.3 Å². The molecule has 2 N–H and O–H groups in total. The number of hydrogen-bond acceptors (Lipinski definition) is 5. The molecular weight excluding hydrogens is 264 g/mol. The molecule has 1 unspecified atom stereocenters. The number of hydrogen-bond donors (Lipinski definition) is 2. The van der Waals surface area contributed by atoms with Crippen molar-refractivity contribution in [1.29, 1.82) is 0 Å². The van der Waals surface area contributed by atoms with Crippen LogP contribution in [0.5, 0.6) is 0 Å². The number of nitrogens with zero attached hydrogens (tertiary/aromatic N) is 3. The first-order chi connectivity index (χ1) is 9.04. The molecule has 0 aliphatic rings. The molecule has 1 aromatic rings. The molecule has 0 aliphatic carbocycles. The minimum atomic E-state index is -0.460. The van der Waals surface area contributed by atoms with Crippen LogP contribution in [0.25, 0.3) is 0 Å². The average Bonchev–Trinajstić information content (AvgIpc) is 2.82. The Morgan fingerprint density at radius 2 is 2.32 bits per heavy atom. The minimum Gasteiger partial charge on any atom is -0.391 e. The predicted octanol–water partition coefficient (Wildman–Crippen LogP) is 1.23. The second-order valence-electron chi connectivity index (χ2n) is 4.65. The molecule has 6 nitrogen and oxygen atoms in total. The van der Waals surface area contributed by atoms with Gasteiger partial charge in [0.15, 0.2) is 5.16 Å². The molecule has 0 saturated heterocycles. The molecule has 0 bridgehead atoms. The van der Waals surface area contributed by atoms with Crippen LogP contribution in [-0.4, -0.2) is 44.2 Å². The smallest absolute Gasteiger partial charge is 0.230 e. The van der Waals surface area contributed by atoms with Gasteiger partial charge < -0.3 is 15.0 Å². The topological polar surface area (TPSA) is 80.0 Å². The fraction of sp³-hybridized carbons (Fsp3) is 0.750. The molecule has 7 heteroatoms. The zero-order chi connectivity index (χ0) is 14.3. The number of carbonyl (C=O) groups excluding carboxylic acids is 1. The molecule has 0 saturated carbocycles. The summed E-state index contributed by atoms with van der Waals surface area (Å²) in [5.41, 5.74) is 0. The van der Waals surface area contributed by atoms with E-state index in [2.05, 4.69) is 15.5 Å². The van der Waals surface area contributed by atoms with E-state index in [9.17, 15) is 9.90 Å². The summed E-state index contributed by atoms with van der Waals surface area (Å²) in [5.74, 6) is 0.183. The third-order valence-electron chi connectivity index (χ3n) is 2.59. The van der Waals surface area contributed by atoms with Crippen molar-refractivity contribution in [2.45, 2.75) is 50.9 Å². The van der Waals surface area contributed by atoms with Gasteiger partial charge in [-0.25, -0.2) is 0 Å². The van der Waals surface area contributed by atoms with Gasteiger partial charge >= 0.3 is 0 Å². The van der Waals surface area contributed by atoms with Crippen molar-refractivity contribution in [1.82, 2.24) is 20.1 Å². The van der Waals surface area contributed by atoms with Crippen molar-refractivity contribution < 1.29 is 9.90 Å². The summed E-state index contributed by atoms with van der Waals surface area (Å²) in [6, 6.07) is 0.270. The summed E-state index contributed by atoms with van der Waals surface area (Å²) in [6.07, 6.45) is 2.81. The summed E-state index contributed by atoms with van der Waals surface area (Å²) in [4.78, 5) is 11.6. The maximum atomic E-state index is 11.6. The third-order valence-corrected chi connectivity index (χ3v) is 3.54. The maximum absolute atomic E-state index is 11.6. The monoisotopic (exact) mass is 286 g/mol. The highest BCUT2D eigenvalue weighted by atomic mass is 32.2. The van der Waals surface area contributed by atoms with Crippen molar-refractivity contribution in [3.05, 3.63) is 6.33 Å². The first-order valence-electron chi connectivity index (χ1n) is 6.51. The Morgan fingerprint density at radius 1 is 1.58 bits per heavy atom. The normalized spacial score (nSPS) is 12.7. The summed E-state index contributed by atoms with van der Waals surface area (Å²) in [6.45, 7) is 6.38. The number of amides is 1. The van der Waals surface area contributed by atoms with Crippen LogP contribution in [0.15, 0.2) is 11.5 Å². The maximum Gasteiger partial charge on any atom is 0.230 e. The molecule has 0 aliphatic heterocycles. The van der Waals surface area contributed by atoms with Crippen molar-refractivity contribution in [3.63, 3.8) is 0 Å². The Morgan fingerprint density at radius 3 is 2.95 bits per heavy atom. The zero-order valence-corrected chi connectivity index (χ0v) is 12.5. The Hall–Kier alpha value is -1.08. The molecule has 0 spiro atoms. The fourth-order valence-electron chi connectivity index (χ4n) is 1.54. The number of aromatic nitrogens is 3. The second kappa shape index (κ2) is 8.16. The summed E-state index contributed by atoms with van der Waals surface area (Å²) in [5, 5.41) is 20.8. The van der Waals surface area contributed by atoms with Gasteiger partial charge in [-0.1, -0.05) is 25.1 Å². The predicted molar refractivity (Wildman–Crippen MR) is 75.1 cm³/mol. The number of nitrogens with one attached hydrogen (secondary N) is 1. The van der Waals surface area contributed by atoms with Gasteiger partial charge in [-0.15, -0.1) is 10.2 Å². The van der Waals surface area contributed by atoms with Gasteiger partial charge in [-0.05, 0) is 20.3 Å². The van der Waals surface area contributed by atoms with Crippen molar-refractivity contribution in [2.24, 2.45) is 0 Å². The number of aliphatic hydroxyl groups excluding tert-OH is 1. The summed E-state index contributed by atoms with van der Waals surface area (Å²) >= 11 is 1.35. The quantitative estimate of drug-likeness (QED) is 0.703. The first kappa shape index (κ1) is 16.0. The SMILES string of the molecule is CCCC(O)CNC(=O)CSc1nncn1C(C)C. The molecule has 1 atom stereocenters. The van der Waals surface area contributed by atoms with E-state index in [0.717, 1.165) is 11.6 Å². The number of carbonyl (C=O) groups is 1.